The maximum Gasteiger partial charge on any atom is 0.0798 e. The first-order valence-electron chi connectivity index (χ1n) is 3.71. The van der Waals surface area contributed by atoms with E-state index in [0.29, 0.717) is 17.0 Å². The van der Waals surface area contributed by atoms with Crippen LogP contribution in [0.4, 0.5) is 0 Å². The highest BCUT2D eigenvalue weighted by molar-refractivity contribution is 7.09. The number of thiazole rings is 1. The molecule has 0 unspecified atom stereocenters. The molecule has 0 bridgehead atoms. The van der Waals surface area contributed by atoms with Gasteiger partial charge < -0.3 is 5.11 Å². The fourth-order valence-electron chi connectivity index (χ4n) is 0.612. The highest BCUT2D eigenvalue weighted by Gasteiger charge is 1.99. The van der Waals surface area contributed by atoms with Crippen LogP contribution in [0.1, 0.15) is 20.2 Å². The van der Waals surface area contributed by atoms with Gasteiger partial charge in [-0.15, -0.1) is 11.3 Å². The summed E-state index contributed by atoms with van der Waals surface area (Å²) >= 11 is 1.14. The molecule has 2 nitrogen and oxygen atoms in total. The second-order valence-corrected chi connectivity index (χ2v) is 2.45. The van der Waals surface area contributed by atoms with Crippen molar-refractivity contribution in [1.29, 1.82) is 0 Å². The first kappa shape index (κ1) is 4.41. The third-order valence-corrected chi connectivity index (χ3v) is 1.85. The van der Waals surface area contributed by atoms with Crippen LogP contribution < -0.4 is 0 Å². The molecule has 3 heteroatoms. The van der Waals surface area contributed by atoms with Gasteiger partial charge in [0, 0.05) is 0 Å². The van der Waals surface area contributed by atoms with E-state index >= 15 is 0 Å². The van der Waals surface area contributed by atoms with E-state index in [0.717, 1.165) is 11.3 Å². The summed E-state index contributed by atoms with van der Waals surface area (Å²) in [6, 6.07) is 0. The standard InChI is InChI=1S/C6H9NOS/c1-2-5-6(3-8)9-4-7-5/h4,8H,2-3H2,1H3/i3D2. The Morgan fingerprint density at radius 1 is 2.00 bits per heavy atom. The molecule has 0 saturated carbocycles. The van der Waals surface area contributed by atoms with E-state index in [1.165, 1.54) is 0 Å². The van der Waals surface area contributed by atoms with Crippen molar-refractivity contribution in [3.05, 3.63) is 16.1 Å². The van der Waals surface area contributed by atoms with Crippen LogP contribution in [-0.2, 0) is 13.0 Å². The number of aryl methyl sites for hydroxylation is 1. The van der Waals surface area contributed by atoms with Crippen LogP contribution in [0.25, 0.3) is 0 Å². The Hall–Kier alpha value is -0.410. The van der Waals surface area contributed by atoms with Crippen molar-refractivity contribution in [1.82, 2.24) is 4.98 Å². The maximum absolute atomic E-state index is 8.99. The van der Waals surface area contributed by atoms with E-state index in [9.17, 15) is 0 Å². The van der Waals surface area contributed by atoms with Gasteiger partial charge >= 0.3 is 0 Å². The van der Waals surface area contributed by atoms with Crippen LogP contribution in [0.2, 0.25) is 0 Å². The molecule has 0 spiro atoms. The van der Waals surface area contributed by atoms with Crippen molar-refractivity contribution >= 4 is 11.3 Å². The van der Waals surface area contributed by atoms with E-state index in [2.05, 4.69) is 4.98 Å². The minimum absolute atomic E-state index is 0.319. The SMILES string of the molecule is [2H]C([2H])(O)c1scnc1CC. The third-order valence-electron chi connectivity index (χ3n) is 1.08. The van der Waals surface area contributed by atoms with Crippen molar-refractivity contribution in [2.45, 2.75) is 19.9 Å². The molecule has 0 saturated heterocycles. The Bertz CT molecular complexity index is 243. The molecule has 0 aliphatic rings. The Kier molecular flexibility index (Phi) is 1.44. The van der Waals surface area contributed by atoms with Crippen LogP contribution in [0.5, 0.6) is 0 Å². The molecule has 1 aromatic rings. The second-order valence-electron chi connectivity index (χ2n) is 1.59. The number of hydrogen-bond donors (Lipinski definition) is 1. The number of aromatic nitrogens is 1. The van der Waals surface area contributed by atoms with Crippen molar-refractivity contribution in [3.8, 4) is 0 Å². The molecule has 9 heavy (non-hydrogen) atoms. The van der Waals surface area contributed by atoms with Gasteiger partial charge in [0.25, 0.3) is 0 Å². The van der Waals surface area contributed by atoms with E-state index in [1.807, 2.05) is 6.92 Å². The lowest BCUT2D eigenvalue weighted by atomic mass is 10.3. The second kappa shape index (κ2) is 2.94. The zero-order valence-electron chi connectivity index (χ0n) is 7.09. The predicted molar refractivity (Wildman–Crippen MR) is 37.4 cm³/mol. The minimum atomic E-state index is -2.23. The van der Waals surface area contributed by atoms with Crippen LogP contribution in [0.3, 0.4) is 0 Å². The summed E-state index contributed by atoms with van der Waals surface area (Å²) in [5.74, 6) is 0. The van der Waals surface area contributed by atoms with Gasteiger partial charge in [0.1, 0.15) is 0 Å². The van der Waals surface area contributed by atoms with Gasteiger partial charge in [-0.25, -0.2) is 4.98 Å². The summed E-state index contributed by atoms with van der Waals surface area (Å²) < 4.78 is 14.1. The molecule has 50 valence electrons. The summed E-state index contributed by atoms with van der Waals surface area (Å²) in [7, 11) is 0. The summed E-state index contributed by atoms with van der Waals surface area (Å²) in [5, 5.41) is 8.99. The van der Waals surface area contributed by atoms with Gasteiger partial charge in [-0.2, -0.15) is 0 Å². The molecule has 0 fully saturated rings. The van der Waals surface area contributed by atoms with Crippen LogP contribution in [0, 0.1) is 0 Å². The van der Waals surface area contributed by atoms with E-state index in [1.54, 1.807) is 5.51 Å². The third kappa shape index (κ3) is 1.28. The molecule has 0 aliphatic heterocycles. The van der Waals surface area contributed by atoms with Crippen molar-refractivity contribution in [2.75, 3.05) is 0 Å². The lowest BCUT2D eigenvalue weighted by Gasteiger charge is -1.90. The first-order valence-corrected chi connectivity index (χ1v) is 3.59. The van der Waals surface area contributed by atoms with Gasteiger partial charge in [-0.1, -0.05) is 6.92 Å². The molecule has 1 heterocycles. The minimum Gasteiger partial charge on any atom is -0.391 e. The van der Waals surface area contributed by atoms with Gasteiger partial charge in [-0.3, -0.25) is 0 Å². The highest BCUT2D eigenvalue weighted by Crippen LogP contribution is 2.12. The maximum atomic E-state index is 8.99. The van der Waals surface area contributed by atoms with Crippen LogP contribution >= 0.6 is 11.3 Å². The smallest absolute Gasteiger partial charge is 0.0798 e. The Balaban J connectivity index is 3.02. The Morgan fingerprint density at radius 2 is 2.78 bits per heavy atom. The van der Waals surface area contributed by atoms with E-state index in [4.69, 9.17) is 7.85 Å². The van der Waals surface area contributed by atoms with Gasteiger partial charge in [0.2, 0.25) is 0 Å². The quantitative estimate of drug-likeness (QED) is 0.678. The van der Waals surface area contributed by atoms with Gasteiger partial charge in [0.05, 0.1) is 25.4 Å². The normalized spacial score (nSPS) is 14.9. The van der Waals surface area contributed by atoms with Crippen LogP contribution in [-0.4, -0.2) is 10.1 Å². The van der Waals surface area contributed by atoms with E-state index in [-0.39, 0.29) is 0 Å². The van der Waals surface area contributed by atoms with Crippen molar-refractivity contribution in [2.24, 2.45) is 0 Å². The number of rotatable bonds is 2. The summed E-state index contributed by atoms with van der Waals surface area (Å²) in [4.78, 5) is 4.24. The first-order chi connectivity index (χ1) is 5.05. The highest BCUT2D eigenvalue weighted by atomic mass is 32.1. The average molecular weight is 145 g/mol. The largest absolute Gasteiger partial charge is 0.391 e. The lowest BCUT2D eigenvalue weighted by Crippen LogP contribution is -1.86. The molecule has 0 atom stereocenters. The Morgan fingerprint density at radius 3 is 3.22 bits per heavy atom. The molecular formula is C6H9NOS. The molecule has 0 radical (unpaired) electrons. The van der Waals surface area contributed by atoms with Crippen molar-refractivity contribution in [3.63, 3.8) is 0 Å². The molecule has 1 N–H and O–H groups in total. The van der Waals surface area contributed by atoms with E-state index < -0.39 is 6.56 Å². The number of nitrogens with zero attached hydrogens (tertiary/aromatic N) is 1. The fraction of sp³-hybridized carbons (Fsp3) is 0.500. The lowest BCUT2D eigenvalue weighted by molar-refractivity contribution is 0.284. The predicted octanol–water partition coefficient (Wildman–Crippen LogP) is 1.20. The van der Waals surface area contributed by atoms with Gasteiger partial charge in [0.15, 0.2) is 0 Å². The average Bonchev–Trinajstić information content (AvgIpc) is 2.31. The zero-order valence-corrected chi connectivity index (χ0v) is 5.90. The molecule has 1 rings (SSSR count). The van der Waals surface area contributed by atoms with Crippen molar-refractivity contribution < 1.29 is 7.85 Å². The summed E-state index contributed by atoms with van der Waals surface area (Å²) in [6.07, 6.45) is 0.652. The zero-order chi connectivity index (χ0) is 8.48. The fourth-order valence-corrected chi connectivity index (χ4v) is 1.28. The van der Waals surface area contributed by atoms with Crippen LogP contribution in [0.15, 0.2) is 5.51 Å². The topological polar surface area (TPSA) is 33.1 Å². The summed E-state index contributed by atoms with van der Waals surface area (Å²) in [6.45, 7) is -0.350. The molecule has 0 amide bonds. The van der Waals surface area contributed by atoms with Gasteiger partial charge in [-0.05, 0) is 6.42 Å². The molecular weight excluding hydrogens is 134 g/mol. The monoisotopic (exact) mass is 145 g/mol. The number of hydrogen-bond acceptors (Lipinski definition) is 3. The number of aliphatic hydroxyl groups is 1. The molecule has 0 aliphatic carbocycles. The molecule has 0 aromatic carbocycles. The Labute approximate surface area is 61.0 Å². The molecule has 1 aromatic heterocycles. The summed E-state index contributed by atoms with van der Waals surface area (Å²) in [5.41, 5.74) is 2.19.